The van der Waals surface area contributed by atoms with Gasteiger partial charge in [0.2, 0.25) is 0 Å². The van der Waals surface area contributed by atoms with Gasteiger partial charge in [-0.25, -0.2) is 0 Å². The SMILES string of the molecule is COc1ccc([C@H](O)COc2ccc(CC3SC(=O)[N-]C3=O)cc2)cc1.[K+]. The number of benzene rings is 2. The molecule has 1 saturated heterocycles. The quantitative estimate of drug-likeness (QED) is 0.668. The summed E-state index contributed by atoms with van der Waals surface area (Å²) in [6.45, 7) is 0.121. The van der Waals surface area contributed by atoms with Gasteiger partial charge in [-0.15, -0.1) is 0 Å². The van der Waals surface area contributed by atoms with E-state index in [1.54, 1.807) is 43.5 Å². The van der Waals surface area contributed by atoms with Crippen molar-refractivity contribution in [1.29, 1.82) is 0 Å². The third-order valence-electron chi connectivity index (χ3n) is 3.97. The predicted octanol–water partition coefficient (Wildman–Crippen LogP) is 0.490. The van der Waals surface area contributed by atoms with Crippen LogP contribution in [0.4, 0.5) is 4.79 Å². The molecule has 0 spiro atoms. The van der Waals surface area contributed by atoms with Crippen LogP contribution in [0.15, 0.2) is 48.5 Å². The molecule has 0 aromatic heterocycles. The summed E-state index contributed by atoms with van der Waals surface area (Å²) in [5.74, 6) is 0.973. The van der Waals surface area contributed by atoms with E-state index < -0.39 is 16.6 Å². The van der Waals surface area contributed by atoms with Gasteiger partial charge in [0.25, 0.3) is 0 Å². The third kappa shape index (κ3) is 6.32. The molecule has 27 heavy (non-hydrogen) atoms. The summed E-state index contributed by atoms with van der Waals surface area (Å²) in [7, 11) is 1.59. The number of thioether (sulfide) groups is 1. The molecular weight excluding hydrogens is 393 g/mol. The molecule has 2 amide bonds. The Balaban J connectivity index is 0.00000261. The second-order valence-corrected chi connectivity index (χ2v) is 6.92. The minimum Gasteiger partial charge on any atom is -0.585 e. The van der Waals surface area contributed by atoms with Crippen LogP contribution in [0.1, 0.15) is 17.2 Å². The number of aliphatic hydroxyl groups excluding tert-OH is 1. The fourth-order valence-corrected chi connectivity index (χ4v) is 3.34. The van der Waals surface area contributed by atoms with E-state index in [0.29, 0.717) is 12.2 Å². The predicted molar refractivity (Wildman–Crippen MR) is 98.7 cm³/mol. The van der Waals surface area contributed by atoms with Crippen LogP contribution in [-0.4, -0.2) is 35.2 Å². The van der Waals surface area contributed by atoms with Crippen molar-refractivity contribution in [3.63, 3.8) is 0 Å². The number of carbonyl (C=O) groups excluding carboxylic acids is 2. The summed E-state index contributed by atoms with van der Waals surface area (Å²) in [5, 5.41) is 12.7. The molecule has 0 radical (unpaired) electrons. The molecule has 1 N–H and O–H groups in total. The first-order chi connectivity index (χ1) is 12.5. The van der Waals surface area contributed by atoms with E-state index in [1.807, 2.05) is 12.1 Å². The van der Waals surface area contributed by atoms with Crippen LogP contribution in [0, 0.1) is 0 Å². The van der Waals surface area contributed by atoms with E-state index >= 15 is 0 Å². The first-order valence-corrected chi connectivity index (χ1v) is 8.93. The van der Waals surface area contributed by atoms with E-state index in [1.165, 1.54) is 0 Å². The molecule has 1 unspecified atom stereocenters. The first-order valence-electron chi connectivity index (χ1n) is 8.05. The monoisotopic (exact) mass is 411 g/mol. The third-order valence-corrected chi connectivity index (χ3v) is 4.92. The molecule has 2 aromatic rings. The Morgan fingerprint density at radius 2 is 1.70 bits per heavy atom. The number of amides is 2. The van der Waals surface area contributed by atoms with Gasteiger partial charge in [-0.05, 0) is 41.8 Å². The van der Waals surface area contributed by atoms with Crippen molar-refractivity contribution >= 4 is 22.9 Å². The van der Waals surface area contributed by atoms with Gasteiger partial charge >= 0.3 is 51.4 Å². The van der Waals surface area contributed by atoms with Crippen molar-refractivity contribution in [2.75, 3.05) is 13.7 Å². The second-order valence-electron chi connectivity index (χ2n) is 5.77. The Morgan fingerprint density at radius 3 is 2.26 bits per heavy atom. The topological polar surface area (TPSA) is 86.9 Å². The zero-order valence-electron chi connectivity index (χ0n) is 15.1. The molecule has 1 aliphatic rings. The normalized spacial score (nSPS) is 17.0. The molecule has 136 valence electrons. The van der Waals surface area contributed by atoms with Gasteiger partial charge in [0, 0.05) is 0 Å². The van der Waals surface area contributed by atoms with E-state index in [2.05, 4.69) is 5.32 Å². The molecule has 0 aliphatic carbocycles. The first kappa shape index (κ1) is 22.4. The molecule has 6 nitrogen and oxygen atoms in total. The van der Waals surface area contributed by atoms with Crippen molar-refractivity contribution < 1.29 is 75.6 Å². The fraction of sp³-hybridized carbons (Fsp3) is 0.263. The smallest absolute Gasteiger partial charge is 0.585 e. The second kappa shape index (κ2) is 10.6. The minimum atomic E-state index is -0.749. The Hall–Kier alpha value is -0.874. The average molecular weight is 412 g/mol. The zero-order chi connectivity index (χ0) is 18.5. The van der Waals surface area contributed by atoms with E-state index in [-0.39, 0.29) is 63.9 Å². The zero-order valence-corrected chi connectivity index (χ0v) is 19.1. The number of carbonyl (C=O) groups is 2. The maximum Gasteiger partial charge on any atom is 1.00 e. The standard InChI is InChI=1S/C19H19NO5S.K/c1-24-14-8-4-13(5-9-14)16(21)11-25-15-6-2-12(3-7-15)10-17-18(22)20-19(23)26-17;/h2-9,16-17,21H,10-11H2,1H3,(H,20,22,23);/q;+1/p-1/t16-,17?;/m1./s1. The van der Waals surface area contributed by atoms with Gasteiger partial charge in [0.1, 0.15) is 29.4 Å². The maximum absolute atomic E-state index is 11.5. The van der Waals surface area contributed by atoms with Crippen LogP contribution in [0.2, 0.25) is 0 Å². The summed E-state index contributed by atoms with van der Waals surface area (Å²) in [5.41, 5.74) is 1.66. The number of aliphatic hydroxyl groups is 1. The fourth-order valence-electron chi connectivity index (χ4n) is 2.52. The number of nitrogens with zero attached hydrogens (tertiary/aromatic N) is 1. The van der Waals surface area contributed by atoms with Crippen LogP contribution in [0.5, 0.6) is 11.5 Å². The van der Waals surface area contributed by atoms with Crippen molar-refractivity contribution in [3.8, 4) is 11.5 Å². The Kier molecular flexibility index (Phi) is 8.81. The number of rotatable bonds is 7. The van der Waals surface area contributed by atoms with Gasteiger partial charge in [0.15, 0.2) is 0 Å². The molecule has 2 atom stereocenters. The number of imide groups is 1. The summed E-state index contributed by atoms with van der Waals surface area (Å²) in [4.78, 5) is 22.7. The Morgan fingerprint density at radius 1 is 1.07 bits per heavy atom. The number of hydrogen-bond donors (Lipinski definition) is 1. The summed E-state index contributed by atoms with van der Waals surface area (Å²) in [6.07, 6.45) is -0.297. The minimum absolute atomic E-state index is 0. The average Bonchev–Trinajstić information content (AvgIpc) is 2.98. The largest absolute Gasteiger partial charge is 1.00 e. The number of methoxy groups -OCH3 is 1. The molecule has 1 aliphatic heterocycles. The Labute approximate surface area is 204 Å². The molecule has 0 saturated carbocycles. The van der Waals surface area contributed by atoms with Gasteiger partial charge in [0.05, 0.1) is 18.3 Å². The van der Waals surface area contributed by atoms with Crippen LogP contribution in [-0.2, 0) is 11.2 Å². The van der Waals surface area contributed by atoms with Crippen LogP contribution < -0.4 is 60.9 Å². The molecule has 8 heteroatoms. The van der Waals surface area contributed by atoms with Gasteiger partial charge < -0.3 is 29.5 Å². The van der Waals surface area contributed by atoms with Crippen molar-refractivity contribution in [2.24, 2.45) is 0 Å². The van der Waals surface area contributed by atoms with E-state index in [4.69, 9.17) is 9.47 Å². The maximum atomic E-state index is 11.5. The summed E-state index contributed by atoms with van der Waals surface area (Å²) >= 11 is 0.959. The molecular formula is C19H18KNO5S. The van der Waals surface area contributed by atoms with Gasteiger partial charge in [-0.3, -0.25) is 0 Å². The molecule has 3 rings (SSSR count). The van der Waals surface area contributed by atoms with E-state index in [9.17, 15) is 14.7 Å². The van der Waals surface area contributed by atoms with Crippen molar-refractivity contribution in [2.45, 2.75) is 17.8 Å². The van der Waals surface area contributed by atoms with Gasteiger partial charge in [-0.1, -0.05) is 36.0 Å². The van der Waals surface area contributed by atoms with Crippen molar-refractivity contribution in [1.82, 2.24) is 0 Å². The molecule has 1 fully saturated rings. The summed E-state index contributed by atoms with van der Waals surface area (Å²) in [6, 6.07) is 14.4. The van der Waals surface area contributed by atoms with Crippen molar-refractivity contribution in [3.05, 3.63) is 65.0 Å². The van der Waals surface area contributed by atoms with E-state index in [0.717, 1.165) is 28.6 Å². The summed E-state index contributed by atoms with van der Waals surface area (Å²) < 4.78 is 10.7. The number of hydrogen-bond acceptors (Lipinski definition) is 6. The molecule has 2 aromatic carbocycles. The van der Waals surface area contributed by atoms with Crippen LogP contribution in [0.3, 0.4) is 0 Å². The van der Waals surface area contributed by atoms with Crippen LogP contribution in [0.25, 0.3) is 5.32 Å². The molecule has 1 heterocycles. The van der Waals surface area contributed by atoms with Gasteiger partial charge in [-0.2, -0.15) is 0 Å². The van der Waals surface area contributed by atoms with Crippen LogP contribution >= 0.6 is 11.8 Å². The molecule has 0 bridgehead atoms. The number of ether oxygens (including phenoxy) is 2. The Bertz CT molecular complexity index is 782.